The monoisotopic (exact) mass is 220 g/mol. The number of amides is 1. The van der Waals surface area contributed by atoms with Crippen LogP contribution in [0.2, 0.25) is 0 Å². The molecule has 2 N–H and O–H groups in total. The summed E-state index contributed by atoms with van der Waals surface area (Å²) in [4.78, 5) is 21.7. The summed E-state index contributed by atoms with van der Waals surface area (Å²) in [7, 11) is 0. The van der Waals surface area contributed by atoms with Crippen LogP contribution in [0.4, 0.5) is 5.82 Å². The molecule has 2 heterocycles. The van der Waals surface area contributed by atoms with Crippen LogP contribution in [0.3, 0.4) is 0 Å². The number of nitrogen functional groups attached to an aromatic ring is 1. The fourth-order valence-electron chi connectivity index (χ4n) is 1.91. The minimum Gasteiger partial charge on any atom is -0.382 e. The molecule has 86 valence electrons. The van der Waals surface area contributed by atoms with Crippen molar-refractivity contribution in [1.82, 2.24) is 14.9 Å². The summed E-state index contributed by atoms with van der Waals surface area (Å²) in [6, 6.07) is 0. The minimum absolute atomic E-state index is 0.0521. The fraction of sp³-hybridized carbons (Fsp3) is 0.545. The Hall–Kier alpha value is -1.65. The van der Waals surface area contributed by atoms with Gasteiger partial charge in [0.1, 0.15) is 11.5 Å². The first kappa shape index (κ1) is 10.9. The predicted octanol–water partition coefficient (Wildman–Crippen LogP) is 0.787. The number of carbonyl (C=O) groups excluding carboxylic acids is 1. The normalized spacial score (nSPS) is 24.8. The fourth-order valence-corrected chi connectivity index (χ4v) is 1.91. The lowest BCUT2D eigenvalue weighted by Crippen LogP contribution is -2.29. The van der Waals surface area contributed by atoms with E-state index in [1.165, 1.54) is 12.4 Å². The molecule has 1 saturated heterocycles. The molecule has 1 fully saturated rings. The van der Waals surface area contributed by atoms with Crippen molar-refractivity contribution in [2.75, 3.05) is 18.8 Å². The topological polar surface area (TPSA) is 72.1 Å². The van der Waals surface area contributed by atoms with Crippen LogP contribution in [-0.4, -0.2) is 33.9 Å². The highest BCUT2D eigenvalue weighted by Gasteiger charge is 2.30. The summed E-state index contributed by atoms with van der Waals surface area (Å²) in [5.74, 6) is 1.37. The van der Waals surface area contributed by atoms with Crippen LogP contribution in [0.15, 0.2) is 12.4 Å². The summed E-state index contributed by atoms with van der Waals surface area (Å²) in [6.07, 6.45) is 2.85. The van der Waals surface area contributed by atoms with E-state index >= 15 is 0 Å². The third-order valence-corrected chi connectivity index (χ3v) is 3.17. The van der Waals surface area contributed by atoms with Gasteiger partial charge < -0.3 is 10.6 Å². The Kier molecular flexibility index (Phi) is 2.77. The number of likely N-dealkylation sites (tertiary alicyclic amines) is 1. The zero-order valence-corrected chi connectivity index (χ0v) is 9.55. The summed E-state index contributed by atoms with van der Waals surface area (Å²) < 4.78 is 0. The SMILES string of the molecule is CC1CN(C(=O)c2cnc(N)cn2)CC1C. The van der Waals surface area contributed by atoms with Gasteiger partial charge in [0.25, 0.3) is 5.91 Å². The number of rotatable bonds is 1. The van der Waals surface area contributed by atoms with E-state index in [-0.39, 0.29) is 5.91 Å². The molecule has 0 bridgehead atoms. The first-order valence-electron chi connectivity index (χ1n) is 5.44. The van der Waals surface area contributed by atoms with Gasteiger partial charge in [0.15, 0.2) is 0 Å². The van der Waals surface area contributed by atoms with Crippen molar-refractivity contribution in [3.05, 3.63) is 18.1 Å². The van der Waals surface area contributed by atoms with Crippen LogP contribution in [-0.2, 0) is 0 Å². The minimum atomic E-state index is -0.0521. The standard InChI is InChI=1S/C11H16N4O/c1-7-5-15(6-8(7)2)11(16)9-3-14-10(12)4-13-9/h3-4,7-8H,5-6H2,1-2H3,(H2,12,14). The van der Waals surface area contributed by atoms with Gasteiger partial charge in [-0.05, 0) is 11.8 Å². The Morgan fingerprint density at radius 3 is 2.44 bits per heavy atom. The lowest BCUT2D eigenvalue weighted by molar-refractivity contribution is 0.0779. The van der Waals surface area contributed by atoms with Crippen molar-refractivity contribution in [3.8, 4) is 0 Å². The van der Waals surface area contributed by atoms with E-state index in [4.69, 9.17) is 5.73 Å². The highest BCUT2D eigenvalue weighted by Crippen LogP contribution is 2.23. The molecule has 0 spiro atoms. The van der Waals surface area contributed by atoms with E-state index < -0.39 is 0 Å². The Morgan fingerprint density at radius 2 is 1.94 bits per heavy atom. The van der Waals surface area contributed by atoms with Crippen molar-refractivity contribution < 1.29 is 4.79 Å². The second-order valence-corrected chi connectivity index (χ2v) is 4.49. The van der Waals surface area contributed by atoms with Crippen molar-refractivity contribution in [1.29, 1.82) is 0 Å². The number of hydrogen-bond acceptors (Lipinski definition) is 4. The average molecular weight is 220 g/mol. The van der Waals surface area contributed by atoms with Crippen LogP contribution in [0.25, 0.3) is 0 Å². The third kappa shape index (κ3) is 1.98. The van der Waals surface area contributed by atoms with Crippen molar-refractivity contribution >= 4 is 11.7 Å². The van der Waals surface area contributed by atoms with Gasteiger partial charge in [0.05, 0.1) is 12.4 Å². The van der Waals surface area contributed by atoms with Crippen LogP contribution >= 0.6 is 0 Å². The third-order valence-electron chi connectivity index (χ3n) is 3.17. The number of nitrogens with zero attached hydrogens (tertiary/aromatic N) is 3. The number of carbonyl (C=O) groups is 1. The van der Waals surface area contributed by atoms with E-state index in [0.29, 0.717) is 23.3 Å². The second-order valence-electron chi connectivity index (χ2n) is 4.49. The molecule has 1 aromatic rings. The van der Waals surface area contributed by atoms with Gasteiger partial charge in [0.2, 0.25) is 0 Å². The van der Waals surface area contributed by atoms with Crippen LogP contribution < -0.4 is 5.73 Å². The van der Waals surface area contributed by atoms with Gasteiger partial charge in [-0.2, -0.15) is 0 Å². The lowest BCUT2D eigenvalue weighted by Gasteiger charge is -2.14. The molecule has 1 aliphatic rings. The summed E-state index contributed by atoms with van der Waals surface area (Å²) >= 11 is 0. The molecule has 5 heteroatoms. The van der Waals surface area contributed by atoms with Crippen molar-refractivity contribution in [2.45, 2.75) is 13.8 Å². The quantitative estimate of drug-likeness (QED) is 0.759. The molecule has 2 atom stereocenters. The molecule has 1 amide bonds. The maximum Gasteiger partial charge on any atom is 0.274 e. The zero-order chi connectivity index (χ0) is 11.7. The highest BCUT2D eigenvalue weighted by atomic mass is 16.2. The molecule has 2 rings (SSSR count). The van der Waals surface area contributed by atoms with E-state index in [9.17, 15) is 4.79 Å². The molecule has 5 nitrogen and oxygen atoms in total. The van der Waals surface area contributed by atoms with Crippen LogP contribution in [0.5, 0.6) is 0 Å². The van der Waals surface area contributed by atoms with E-state index in [2.05, 4.69) is 23.8 Å². The van der Waals surface area contributed by atoms with Crippen molar-refractivity contribution in [3.63, 3.8) is 0 Å². The number of anilines is 1. The number of hydrogen-bond donors (Lipinski definition) is 1. The van der Waals surface area contributed by atoms with Crippen LogP contribution in [0, 0.1) is 11.8 Å². The molecular weight excluding hydrogens is 204 g/mol. The van der Waals surface area contributed by atoms with Gasteiger partial charge in [-0.3, -0.25) is 4.79 Å². The Balaban J connectivity index is 2.11. The molecule has 2 unspecified atom stereocenters. The second kappa shape index (κ2) is 4.08. The first-order chi connectivity index (χ1) is 7.58. The molecule has 1 aliphatic heterocycles. The Morgan fingerprint density at radius 1 is 1.31 bits per heavy atom. The van der Waals surface area contributed by atoms with E-state index in [1.807, 2.05) is 4.90 Å². The van der Waals surface area contributed by atoms with E-state index in [0.717, 1.165) is 13.1 Å². The number of nitrogens with two attached hydrogens (primary N) is 1. The predicted molar refractivity (Wildman–Crippen MR) is 60.7 cm³/mol. The molecule has 0 aliphatic carbocycles. The van der Waals surface area contributed by atoms with Gasteiger partial charge in [-0.25, -0.2) is 9.97 Å². The van der Waals surface area contributed by atoms with Crippen molar-refractivity contribution in [2.24, 2.45) is 11.8 Å². The molecule has 0 aromatic carbocycles. The summed E-state index contributed by atoms with van der Waals surface area (Å²) in [5.41, 5.74) is 5.80. The molecule has 16 heavy (non-hydrogen) atoms. The summed E-state index contributed by atoms with van der Waals surface area (Å²) in [5, 5.41) is 0. The Labute approximate surface area is 94.7 Å². The molecule has 0 radical (unpaired) electrons. The van der Waals surface area contributed by atoms with Crippen LogP contribution in [0.1, 0.15) is 24.3 Å². The van der Waals surface area contributed by atoms with Gasteiger partial charge in [-0.1, -0.05) is 13.8 Å². The zero-order valence-electron chi connectivity index (χ0n) is 9.55. The summed E-state index contributed by atoms with van der Waals surface area (Å²) in [6.45, 7) is 5.91. The lowest BCUT2D eigenvalue weighted by atomic mass is 10.0. The average Bonchev–Trinajstić information content (AvgIpc) is 2.59. The largest absolute Gasteiger partial charge is 0.382 e. The maximum atomic E-state index is 12.0. The molecule has 0 saturated carbocycles. The maximum absolute atomic E-state index is 12.0. The Bertz CT molecular complexity index is 379. The molecule has 1 aromatic heterocycles. The highest BCUT2D eigenvalue weighted by molar-refractivity contribution is 5.92. The smallest absolute Gasteiger partial charge is 0.274 e. The van der Waals surface area contributed by atoms with Gasteiger partial charge in [-0.15, -0.1) is 0 Å². The van der Waals surface area contributed by atoms with E-state index in [1.54, 1.807) is 0 Å². The molecular formula is C11H16N4O. The number of aromatic nitrogens is 2. The first-order valence-corrected chi connectivity index (χ1v) is 5.44. The van der Waals surface area contributed by atoms with Gasteiger partial charge in [0, 0.05) is 13.1 Å². The van der Waals surface area contributed by atoms with Gasteiger partial charge >= 0.3 is 0 Å².